The Hall–Kier alpha value is -2.88. The van der Waals surface area contributed by atoms with E-state index in [0.29, 0.717) is 11.6 Å². The van der Waals surface area contributed by atoms with Crippen LogP contribution in [0.3, 0.4) is 0 Å². The van der Waals surface area contributed by atoms with Crippen molar-refractivity contribution in [2.75, 3.05) is 5.32 Å². The molecule has 1 heterocycles. The predicted octanol–water partition coefficient (Wildman–Crippen LogP) is 4.47. The Morgan fingerprint density at radius 1 is 1.20 bits per heavy atom. The van der Waals surface area contributed by atoms with Crippen molar-refractivity contribution in [1.82, 2.24) is 15.1 Å². The zero-order chi connectivity index (χ0) is 22.8. The molecular formula is C19H21ClF3N5O2. The summed E-state index contributed by atoms with van der Waals surface area (Å²) in [6, 6.07) is 3.33. The normalized spacial score (nSPS) is 12.6. The number of halogens is 4. The minimum Gasteiger partial charge on any atom is -0.350 e. The first kappa shape index (κ1) is 23.4. The van der Waals surface area contributed by atoms with E-state index in [1.807, 2.05) is 0 Å². The van der Waals surface area contributed by atoms with Gasteiger partial charge in [0, 0.05) is 17.1 Å². The third-order valence-electron chi connectivity index (χ3n) is 4.08. The van der Waals surface area contributed by atoms with Crippen LogP contribution in [0, 0.1) is 6.92 Å². The van der Waals surface area contributed by atoms with E-state index in [1.54, 1.807) is 20.8 Å². The van der Waals surface area contributed by atoms with Gasteiger partial charge in [0.25, 0.3) is 11.8 Å². The standard InChI is InChI=1S/C19H21ClF3N5O2/c1-9(2)25-17(29)13-7-12(20)6-10(3)16(13)26-18(30)14-8-15(19(21,22)23)27-28(14)11(4)24-5/h6-9,11H,5H2,1-4H3,(H,25,29)(H,26,30). The Bertz CT molecular complexity index is 985. The van der Waals surface area contributed by atoms with Gasteiger partial charge >= 0.3 is 6.18 Å². The molecular weight excluding hydrogens is 423 g/mol. The molecule has 2 rings (SSSR count). The van der Waals surface area contributed by atoms with Crippen LogP contribution in [0.15, 0.2) is 23.2 Å². The molecule has 1 aromatic carbocycles. The van der Waals surface area contributed by atoms with Crippen molar-refractivity contribution in [1.29, 1.82) is 0 Å². The summed E-state index contributed by atoms with van der Waals surface area (Å²) in [4.78, 5) is 29.0. The van der Waals surface area contributed by atoms with E-state index in [-0.39, 0.29) is 28.0 Å². The fraction of sp³-hybridized carbons (Fsp3) is 0.368. The van der Waals surface area contributed by atoms with Gasteiger partial charge < -0.3 is 10.6 Å². The second-order valence-electron chi connectivity index (χ2n) is 6.90. The number of aromatic nitrogens is 2. The highest BCUT2D eigenvalue weighted by Crippen LogP contribution is 2.31. The highest BCUT2D eigenvalue weighted by Gasteiger charge is 2.36. The Morgan fingerprint density at radius 3 is 2.37 bits per heavy atom. The molecule has 0 spiro atoms. The van der Waals surface area contributed by atoms with E-state index >= 15 is 0 Å². The molecule has 0 bridgehead atoms. The predicted molar refractivity (Wildman–Crippen MR) is 108 cm³/mol. The van der Waals surface area contributed by atoms with Crippen molar-refractivity contribution < 1.29 is 22.8 Å². The number of nitrogens with one attached hydrogen (secondary N) is 2. The highest BCUT2D eigenvalue weighted by molar-refractivity contribution is 6.31. The summed E-state index contributed by atoms with van der Waals surface area (Å²) in [7, 11) is 0. The van der Waals surface area contributed by atoms with Crippen molar-refractivity contribution in [3.05, 3.63) is 45.7 Å². The minimum atomic E-state index is -4.75. The summed E-state index contributed by atoms with van der Waals surface area (Å²) in [6.45, 7) is 9.85. The zero-order valence-corrected chi connectivity index (χ0v) is 17.5. The maximum Gasteiger partial charge on any atom is 0.435 e. The summed E-state index contributed by atoms with van der Waals surface area (Å²) < 4.78 is 40.2. The molecule has 2 amide bonds. The molecule has 2 aromatic rings. The second-order valence-corrected chi connectivity index (χ2v) is 7.34. The molecule has 1 unspecified atom stereocenters. The Kier molecular flexibility index (Phi) is 6.91. The molecule has 7 nitrogen and oxygen atoms in total. The Labute approximate surface area is 176 Å². The van der Waals surface area contributed by atoms with Crippen LogP contribution in [-0.2, 0) is 6.18 Å². The number of benzene rings is 1. The topological polar surface area (TPSA) is 88.4 Å². The number of rotatable bonds is 6. The smallest absolute Gasteiger partial charge is 0.350 e. The number of aryl methyl sites for hydroxylation is 1. The number of nitrogens with zero attached hydrogens (tertiary/aromatic N) is 3. The summed E-state index contributed by atoms with van der Waals surface area (Å²) >= 11 is 6.04. The maximum absolute atomic E-state index is 13.1. The zero-order valence-electron chi connectivity index (χ0n) is 16.8. The van der Waals surface area contributed by atoms with Gasteiger partial charge in [-0.1, -0.05) is 11.6 Å². The van der Waals surface area contributed by atoms with Gasteiger partial charge in [-0.25, -0.2) is 4.68 Å². The van der Waals surface area contributed by atoms with E-state index < -0.39 is 29.9 Å². The van der Waals surface area contributed by atoms with Gasteiger partial charge in [-0.2, -0.15) is 18.3 Å². The van der Waals surface area contributed by atoms with Gasteiger partial charge in [0.2, 0.25) is 0 Å². The molecule has 0 aliphatic carbocycles. The monoisotopic (exact) mass is 443 g/mol. The number of carbonyl (C=O) groups excluding carboxylic acids is 2. The summed E-state index contributed by atoms with van der Waals surface area (Å²) in [5, 5.41) is 8.92. The molecule has 0 aliphatic rings. The first-order chi connectivity index (χ1) is 13.8. The summed E-state index contributed by atoms with van der Waals surface area (Å²) in [5.41, 5.74) is -0.954. The molecule has 1 atom stereocenters. The first-order valence-corrected chi connectivity index (χ1v) is 9.27. The number of aliphatic imine (C=N–C) groups is 1. The molecule has 2 N–H and O–H groups in total. The lowest BCUT2D eigenvalue weighted by molar-refractivity contribution is -0.141. The third-order valence-corrected chi connectivity index (χ3v) is 4.30. The molecule has 30 heavy (non-hydrogen) atoms. The van der Waals surface area contributed by atoms with Gasteiger partial charge in [0.1, 0.15) is 11.9 Å². The lowest BCUT2D eigenvalue weighted by atomic mass is 10.1. The average molecular weight is 444 g/mol. The van der Waals surface area contributed by atoms with Crippen LogP contribution in [0.2, 0.25) is 5.02 Å². The van der Waals surface area contributed by atoms with Crippen LogP contribution in [0.1, 0.15) is 59.0 Å². The van der Waals surface area contributed by atoms with Crippen molar-refractivity contribution in [2.45, 2.75) is 46.1 Å². The minimum absolute atomic E-state index is 0.0825. The van der Waals surface area contributed by atoms with Crippen LogP contribution < -0.4 is 10.6 Å². The van der Waals surface area contributed by atoms with E-state index in [1.165, 1.54) is 19.1 Å². The number of carbonyl (C=O) groups is 2. The fourth-order valence-corrected chi connectivity index (χ4v) is 2.94. The largest absolute Gasteiger partial charge is 0.435 e. The molecule has 11 heteroatoms. The van der Waals surface area contributed by atoms with Gasteiger partial charge in [-0.05, 0) is 52.1 Å². The Balaban J connectivity index is 2.51. The quantitative estimate of drug-likeness (QED) is 0.645. The highest BCUT2D eigenvalue weighted by atomic mass is 35.5. The number of amides is 2. The average Bonchev–Trinajstić information content (AvgIpc) is 3.08. The summed E-state index contributed by atoms with van der Waals surface area (Å²) in [5.74, 6) is -1.38. The molecule has 0 radical (unpaired) electrons. The third kappa shape index (κ3) is 5.18. The SMILES string of the molecule is C=NC(C)n1nc(C(F)(F)F)cc1C(=O)Nc1c(C)cc(Cl)cc1C(=O)NC(C)C. The molecule has 0 saturated carbocycles. The maximum atomic E-state index is 13.1. The van der Waals surface area contributed by atoms with E-state index in [9.17, 15) is 22.8 Å². The second kappa shape index (κ2) is 8.86. The lowest BCUT2D eigenvalue weighted by Gasteiger charge is -2.17. The number of hydrogen-bond acceptors (Lipinski definition) is 4. The van der Waals surface area contributed by atoms with E-state index in [4.69, 9.17) is 11.6 Å². The van der Waals surface area contributed by atoms with Crippen LogP contribution in [0.4, 0.5) is 18.9 Å². The van der Waals surface area contributed by atoms with Gasteiger partial charge in [0.05, 0.1) is 11.3 Å². The first-order valence-electron chi connectivity index (χ1n) is 8.90. The Morgan fingerprint density at radius 2 is 1.83 bits per heavy atom. The molecule has 162 valence electrons. The van der Waals surface area contributed by atoms with Crippen molar-refractivity contribution in [3.63, 3.8) is 0 Å². The molecule has 0 aliphatic heterocycles. The molecule has 0 saturated heterocycles. The van der Waals surface area contributed by atoms with E-state index in [2.05, 4.69) is 27.4 Å². The van der Waals surface area contributed by atoms with Gasteiger partial charge in [-0.15, -0.1) is 0 Å². The number of hydrogen-bond donors (Lipinski definition) is 2. The fourth-order valence-electron chi connectivity index (χ4n) is 2.67. The number of alkyl halides is 3. The van der Waals surface area contributed by atoms with Crippen molar-refractivity contribution in [3.8, 4) is 0 Å². The van der Waals surface area contributed by atoms with Gasteiger partial charge in [-0.3, -0.25) is 14.6 Å². The van der Waals surface area contributed by atoms with Crippen LogP contribution in [-0.4, -0.2) is 34.4 Å². The van der Waals surface area contributed by atoms with E-state index in [0.717, 1.165) is 4.68 Å². The number of anilines is 1. The van der Waals surface area contributed by atoms with Crippen molar-refractivity contribution >= 4 is 35.8 Å². The van der Waals surface area contributed by atoms with Gasteiger partial charge in [0.15, 0.2) is 5.69 Å². The van der Waals surface area contributed by atoms with Crippen LogP contribution in [0.5, 0.6) is 0 Å². The van der Waals surface area contributed by atoms with Crippen LogP contribution in [0.25, 0.3) is 0 Å². The molecule has 0 fully saturated rings. The van der Waals surface area contributed by atoms with Crippen LogP contribution >= 0.6 is 11.6 Å². The van der Waals surface area contributed by atoms with Crippen molar-refractivity contribution in [2.24, 2.45) is 4.99 Å². The summed E-state index contributed by atoms with van der Waals surface area (Å²) in [6.07, 6.45) is -5.67. The molecule has 1 aromatic heterocycles. The lowest BCUT2D eigenvalue weighted by Crippen LogP contribution is -2.31.